The van der Waals surface area contributed by atoms with Crippen LogP contribution in [0.1, 0.15) is 30.2 Å². The number of ether oxygens (including phenoxy) is 1. The summed E-state index contributed by atoms with van der Waals surface area (Å²) in [7, 11) is 0. The molecule has 3 nitrogen and oxygen atoms in total. The molecule has 0 radical (unpaired) electrons. The number of rotatable bonds is 4. The van der Waals surface area contributed by atoms with Gasteiger partial charge in [0.2, 0.25) is 0 Å². The normalized spacial score (nSPS) is 11.8. The highest BCUT2D eigenvalue weighted by Gasteiger charge is 2.40. The van der Waals surface area contributed by atoms with Crippen molar-refractivity contribution in [1.82, 2.24) is 4.98 Å². The molecule has 20 heavy (non-hydrogen) atoms. The highest BCUT2D eigenvalue weighted by Crippen LogP contribution is 2.39. The molecule has 112 valence electrons. The fourth-order valence-electron chi connectivity index (χ4n) is 1.58. The lowest BCUT2D eigenvalue weighted by Gasteiger charge is -2.16. The third-order valence-corrected chi connectivity index (χ3v) is 2.63. The molecule has 0 amide bonds. The Hall–Kier alpha value is -1.25. The lowest BCUT2D eigenvalue weighted by molar-refractivity contribution is -0.144. The molecular formula is C11H9BrF5NO2. The van der Waals surface area contributed by atoms with Crippen LogP contribution in [0.15, 0.2) is 10.7 Å². The molecule has 1 aromatic rings. The molecule has 0 saturated carbocycles. The number of esters is 1. The first-order chi connectivity index (χ1) is 9.16. The standard InChI is InChI=1S/C11H9BrF5NO2/c1-2-20-7(19)4-5-3-6(12)18-9(10(13)14)8(5)11(15,16)17/h3,10H,2,4H2,1H3. The number of carbonyl (C=O) groups is 1. The van der Waals surface area contributed by atoms with Crippen LogP contribution in [0.4, 0.5) is 22.0 Å². The lowest BCUT2D eigenvalue weighted by atomic mass is 10.0. The molecule has 9 heteroatoms. The minimum atomic E-state index is -5.04. The van der Waals surface area contributed by atoms with Gasteiger partial charge in [0.25, 0.3) is 6.43 Å². The van der Waals surface area contributed by atoms with Gasteiger partial charge in [0, 0.05) is 0 Å². The summed E-state index contributed by atoms with van der Waals surface area (Å²) < 4.78 is 68.4. The van der Waals surface area contributed by atoms with Gasteiger partial charge in [-0.25, -0.2) is 13.8 Å². The lowest BCUT2D eigenvalue weighted by Crippen LogP contribution is -2.18. The number of pyridine rings is 1. The van der Waals surface area contributed by atoms with Crippen LogP contribution in [0, 0.1) is 0 Å². The first-order valence-corrected chi connectivity index (χ1v) is 6.16. The molecule has 0 aliphatic rings. The topological polar surface area (TPSA) is 39.2 Å². The van der Waals surface area contributed by atoms with E-state index in [0.717, 1.165) is 6.07 Å². The van der Waals surface area contributed by atoms with Gasteiger partial charge < -0.3 is 4.74 Å². The second-order valence-corrected chi connectivity index (χ2v) is 4.46. The van der Waals surface area contributed by atoms with Crippen LogP contribution in [0.25, 0.3) is 0 Å². The largest absolute Gasteiger partial charge is 0.466 e. The van der Waals surface area contributed by atoms with Crippen LogP contribution in [0.2, 0.25) is 0 Å². The number of halogens is 6. The van der Waals surface area contributed by atoms with Gasteiger partial charge in [-0.1, -0.05) is 0 Å². The quantitative estimate of drug-likeness (QED) is 0.463. The highest BCUT2D eigenvalue weighted by atomic mass is 79.9. The van der Waals surface area contributed by atoms with Crippen molar-refractivity contribution in [2.75, 3.05) is 6.61 Å². The summed E-state index contributed by atoms with van der Waals surface area (Å²) >= 11 is 2.75. The van der Waals surface area contributed by atoms with Gasteiger partial charge in [-0.15, -0.1) is 0 Å². The maximum Gasteiger partial charge on any atom is 0.418 e. The van der Waals surface area contributed by atoms with E-state index in [-0.39, 0.29) is 11.2 Å². The summed E-state index contributed by atoms with van der Waals surface area (Å²) in [6, 6.07) is 0.881. The molecule has 0 atom stereocenters. The van der Waals surface area contributed by atoms with Gasteiger partial charge in [0.1, 0.15) is 10.3 Å². The fraction of sp³-hybridized carbons (Fsp3) is 0.455. The SMILES string of the molecule is CCOC(=O)Cc1cc(Br)nc(C(F)F)c1C(F)(F)F. The van der Waals surface area contributed by atoms with E-state index in [1.54, 1.807) is 0 Å². The Morgan fingerprint density at radius 1 is 1.45 bits per heavy atom. The van der Waals surface area contributed by atoms with Gasteiger partial charge in [-0.2, -0.15) is 13.2 Å². The van der Waals surface area contributed by atoms with Crippen molar-refractivity contribution in [3.05, 3.63) is 27.5 Å². The second kappa shape index (κ2) is 6.47. The average molecular weight is 362 g/mol. The highest BCUT2D eigenvalue weighted by molar-refractivity contribution is 9.10. The van der Waals surface area contributed by atoms with Crippen molar-refractivity contribution in [3.8, 4) is 0 Å². The summed E-state index contributed by atoms with van der Waals surface area (Å²) in [5.74, 6) is -0.934. The third-order valence-electron chi connectivity index (χ3n) is 2.23. The Kier molecular flexibility index (Phi) is 5.43. The summed E-state index contributed by atoms with van der Waals surface area (Å²) in [6.45, 7) is 1.46. The number of alkyl halides is 5. The Labute approximate surface area is 119 Å². The Morgan fingerprint density at radius 3 is 2.50 bits per heavy atom. The third kappa shape index (κ3) is 4.12. The number of hydrogen-bond donors (Lipinski definition) is 0. The van der Waals surface area contributed by atoms with E-state index in [4.69, 9.17) is 0 Å². The van der Waals surface area contributed by atoms with Gasteiger partial charge in [-0.05, 0) is 34.5 Å². The van der Waals surface area contributed by atoms with Crippen LogP contribution < -0.4 is 0 Å². The maximum absolute atomic E-state index is 12.9. The smallest absolute Gasteiger partial charge is 0.418 e. The van der Waals surface area contributed by atoms with Crippen LogP contribution in [0.3, 0.4) is 0 Å². The maximum atomic E-state index is 12.9. The Bertz CT molecular complexity index is 504. The fourth-order valence-corrected chi connectivity index (χ4v) is 2.04. The van der Waals surface area contributed by atoms with Gasteiger partial charge in [-0.3, -0.25) is 4.79 Å². The second-order valence-electron chi connectivity index (χ2n) is 3.64. The number of aromatic nitrogens is 1. The molecule has 0 unspecified atom stereocenters. The van der Waals surface area contributed by atoms with E-state index in [0.29, 0.717) is 0 Å². The van der Waals surface area contributed by atoms with E-state index >= 15 is 0 Å². The zero-order valence-electron chi connectivity index (χ0n) is 10.1. The molecule has 1 heterocycles. The van der Waals surface area contributed by atoms with Crippen molar-refractivity contribution >= 4 is 21.9 Å². The summed E-state index contributed by atoms with van der Waals surface area (Å²) in [5.41, 5.74) is -3.61. The van der Waals surface area contributed by atoms with E-state index in [1.807, 2.05) is 0 Å². The van der Waals surface area contributed by atoms with Crippen LogP contribution in [0.5, 0.6) is 0 Å². The van der Waals surface area contributed by atoms with Crippen molar-refractivity contribution in [2.45, 2.75) is 25.9 Å². The predicted molar refractivity (Wildman–Crippen MR) is 62.2 cm³/mol. The molecule has 1 rings (SSSR count). The molecule has 0 N–H and O–H groups in total. The van der Waals surface area contributed by atoms with Crippen molar-refractivity contribution in [1.29, 1.82) is 0 Å². The first-order valence-electron chi connectivity index (χ1n) is 5.37. The molecule has 0 aliphatic carbocycles. The van der Waals surface area contributed by atoms with Crippen LogP contribution in [-0.2, 0) is 22.1 Å². The molecule has 0 bridgehead atoms. The zero-order chi connectivity index (χ0) is 15.5. The summed E-state index contributed by atoms with van der Waals surface area (Å²) in [5, 5.41) is 0. The number of carbonyl (C=O) groups excluding carboxylic acids is 1. The van der Waals surface area contributed by atoms with Crippen molar-refractivity contribution in [2.24, 2.45) is 0 Å². The molecule has 0 saturated heterocycles. The van der Waals surface area contributed by atoms with Crippen molar-refractivity contribution in [3.63, 3.8) is 0 Å². The molecule has 0 aromatic carbocycles. The molecular weight excluding hydrogens is 353 g/mol. The zero-order valence-corrected chi connectivity index (χ0v) is 11.7. The van der Waals surface area contributed by atoms with E-state index in [9.17, 15) is 26.7 Å². The monoisotopic (exact) mass is 361 g/mol. The Morgan fingerprint density at radius 2 is 2.05 bits per heavy atom. The van der Waals surface area contributed by atoms with Gasteiger partial charge in [0.05, 0.1) is 18.6 Å². The first kappa shape index (κ1) is 16.8. The van der Waals surface area contributed by atoms with E-state index in [2.05, 4.69) is 25.7 Å². The minimum absolute atomic E-state index is 0.0197. The summed E-state index contributed by atoms with van der Waals surface area (Å²) in [6.07, 6.45) is -9.21. The molecule has 1 aromatic heterocycles. The van der Waals surface area contributed by atoms with Crippen LogP contribution >= 0.6 is 15.9 Å². The van der Waals surface area contributed by atoms with Gasteiger partial charge in [0.15, 0.2) is 0 Å². The summed E-state index contributed by atoms with van der Waals surface area (Å²) in [4.78, 5) is 14.4. The number of nitrogens with zero attached hydrogens (tertiary/aromatic N) is 1. The van der Waals surface area contributed by atoms with Gasteiger partial charge >= 0.3 is 12.1 Å². The molecule has 0 aliphatic heterocycles. The van der Waals surface area contributed by atoms with Crippen LogP contribution in [-0.4, -0.2) is 17.6 Å². The molecule has 0 fully saturated rings. The van der Waals surface area contributed by atoms with Crippen molar-refractivity contribution < 1.29 is 31.5 Å². The molecule has 0 spiro atoms. The Balaban J connectivity index is 3.37. The number of hydrogen-bond acceptors (Lipinski definition) is 3. The average Bonchev–Trinajstić information content (AvgIpc) is 2.26. The van der Waals surface area contributed by atoms with E-state index < -0.39 is 41.8 Å². The van der Waals surface area contributed by atoms with E-state index in [1.165, 1.54) is 6.92 Å². The minimum Gasteiger partial charge on any atom is -0.466 e. The predicted octanol–water partition coefficient (Wildman–Crippen LogP) is 3.91.